The van der Waals surface area contributed by atoms with E-state index < -0.39 is 23.7 Å². The van der Waals surface area contributed by atoms with Crippen LogP contribution in [0.15, 0.2) is 54.6 Å². The quantitative estimate of drug-likeness (QED) is 0.347. The van der Waals surface area contributed by atoms with Gasteiger partial charge in [0.2, 0.25) is 5.91 Å². The maximum absolute atomic E-state index is 13.1. The minimum atomic E-state index is -4.48. The van der Waals surface area contributed by atoms with E-state index in [2.05, 4.69) is 10.6 Å². The summed E-state index contributed by atoms with van der Waals surface area (Å²) in [6.45, 7) is 9.79. The molecule has 0 spiro atoms. The van der Waals surface area contributed by atoms with Crippen molar-refractivity contribution in [1.82, 2.24) is 14.7 Å². The molecule has 1 aromatic heterocycles. The number of amides is 3. The van der Waals surface area contributed by atoms with Crippen molar-refractivity contribution in [1.29, 1.82) is 0 Å². The molecule has 11 heteroatoms. The molecule has 0 unspecified atom stereocenters. The largest absolute Gasteiger partial charge is 0.497 e. The molecule has 8 nitrogen and oxygen atoms in total. The second-order valence-electron chi connectivity index (χ2n) is 10.6. The van der Waals surface area contributed by atoms with Crippen molar-refractivity contribution in [3.63, 3.8) is 0 Å². The molecule has 0 saturated heterocycles. The highest BCUT2D eigenvalue weighted by molar-refractivity contribution is 5.96. The first-order valence-electron chi connectivity index (χ1n) is 12.5. The molecule has 3 rings (SSSR count). The lowest BCUT2D eigenvalue weighted by molar-refractivity contribution is -0.137. The summed E-state index contributed by atoms with van der Waals surface area (Å²) in [7, 11) is 1.57. The number of benzene rings is 2. The van der Waals surface area contributed by atoms with Crippen LogP contribution in [0.4, 0.5) is 29.5 Å². The van der Waals surface area contributed by atoms with E-state index >= 15 is 0 Å². The summed E-state index contributed by atoms with van der Waals surface area (Å²) in [5, 5.41) is 10.1. The zero-order valence-electron chi connectivity index (χ0n) is 22.9. The second kappa shape index (κ2) is 11.8. The third kappa shape index (κ3) is 7.98. The van der Waals surface area contributed by atoms with Crippen LogP contribution in [0.3, 0.4) is 0 Å². The van der Waals surface area contributed by atoms with E-state index in [-0.39, 0.29) is 30.1 Å². The molecule has 0 aliphatic rings. The summed E-state index contributed by atoms with van der Waals surface area (Å²) < 4.78 is 45.4. The van der Waals surface area contributed by atoms with E-state index in [4.69, 9.17) is 9.84 Å². The van der Waals surface area contributed by atoms with Gasteiger partial charge >= 0.3 is 12.2 Å². The highest BCUT2D eigenvalue weighted by Crippen LogP contribution is 2.30. The summed E-state index contributed by atoms with van der Waals surface area (Å²) in [5.74, 6) is 0.695. The number of alkyl halides is 3. The van der Waals surface area contributed by atoms with Gasteiger partial charge in [-0.15, -0.1) is 0 Å². The minimum absolute atomic E-state index is 0.0356. The molecule has 210 valence electrons. The maximum Gasteiger partial charge on any atom is 0.416 e. The number of rotatable bonds is 8. The predicted octanol–water partition coefficient (Wildman–Crippen LogP) is 6.33. The van der Waals surface area contributed by atoms with Gasteiger partial charge < -0.3 is 20.3 Å². The monoisotopic (exact) mass is 545 g/mol. The smallest absolute Gasteiger partial charge is 0.416 e. The molecule has 1 heterocycles. The van der Waals surface area contributed by atoms with Gasteiger partial charge in [0.25, 0.3) is 0 Å². The van der Waals surface area contributed by atoms with E-state index in [0.29, 0.717) is 17.3 Å². The number of aromatic nitrogens is 2. The Bertz CT molecular complexity index is 1280. The molecule has 39 heavy (non-hydrogen) atoms. The number of carbonyl (C=O) groups is 2. The van der Waals surface area contributed by atoms with Gasteiger partial charge in [0.1, 0.15) is 18.1 Å². The summed E-state index contributed by atoms with van der Waals surface area (Å²) in [5.41, 5.74) is 0.549. The molecule has 3 amide bonds. The van der Waals surface area contributed by atoms with Crippen molar-refractivity contribution in [3.8, 4) is 11.4 Å². The summed E-state index contributed by atoms with van der Waals surface area (Å²) in [6, 6.07) is 12.5. The lowest BCUT2D eigenvalue weighted by Gasteiger charge is -2.24. The van der Waals surface area contributed by atoms with Crippen molar-refractivity contribution >= 4 is 23.4 Å². The van der Waals surface area contributed by atoms with Gasteiger partial charge in [0.05, 0.1) is 24.1 Å². The number of hydrogen-bond donors (Lipinski definition) is 2. The Kier molecular flexibility index (Phi) is 8.93. The number of urea groups is 1. The fourth-order valence-corrected chi connectivity index (χ4v) is 3.72. The molecule has 0 atom stereocenters. The van der Waals surface area contributed by atoms with Crippen LogP contribution in [0.2, 0.25) is 0 Å². The van der Waals surface area contributed by atoms with Crippen molar-refractivity contribution in [3.05, 3.63) is 65.9 Å². The number of anilines is 2. The average Bonchev–Trinajstić information content (AvgIpc) is 3.27. The van der Waals surface area contributed by atoms with Gasteiger partial charge in [-0.1, -0.05) is 34.6 Å². The van der Waals surface area contributed by atoms with Crippen LogP contribution in [0, 0.1) is 5.92 Å². The number of nitrogens with zero attached hydrogens (tertiary/aromatic N) is 3. The molecule has 3 aromatic rings. The lowest BCUT2D eigenvalue weighted by atomic mass is 9.92. The van der Waals surface area contributed by atoms with Gasteiger partial charge in [-0.05, 0) is 54.4 Å². The molecule has 0 radical (unpaired) electrons. The summed E-state index contributed by atoms with van der Waals surface area (Å²) >= 11 is 0. The van der Waals surface area contributed by atoms with Gasteiger partial charge in [-0.25, -0.2) is 9.48 Å². The molecular weight excluding hydrogens is 511 g/mol. The minimum Gasteiger partial charge on any atom is -0.497 e. The predicted molar refractivity (Wildman–Crippen MR) is 144 cm³/mol. The van der Waals surface area contributed by atoms with Crippen LogP contribution in [0.5, 0.6) is 5.75 Å². The summed E-state index contributed by atoms with van der Waals surface area (Å²) in [6.07, 6.45) is -4.48. The Morgan fingerprint density at radius 2 is 1.62 bits per heavy atom. The van der Waals surface area contributed by atoms with Crippen LogP contribution < -0.4 is 15.4 Å². The third-order valence-electron chi connectivity index (χ3n) is 5.73. The second-order valence-corrected chi connectivity index (χ2v) is 10.6. The molecule has 0 saturated carbocycles. The Labute approximate surface area is 226 Å². The van der Waals surface area contributed by atoms with Crippen LogP contribution in [0.1, 0.15) is 45.9 Å². The first kappa shape index (κ1) is 29.5. The number of carbonyl (C=O) groups excluding carboxylic acids is 2. The van der Waals surface area contributed by atoms with E-state index in [1.807, 2.05) is 46.8 Å². The van der Waals surface area contributed by atoms with Crippen molar-refractivity contribution in [2.24, 2.45) is 5.92 Å². The number of halogens is 3. The Morgan fingerprint density at radius 1 is 1.00 bits per heavy atom. The molecule has 2 N–H and O–H groups in total. The molecule has 0 fully saturated rings. The molecular formula is C28H34F3N5O3. The Hall–Kier alpha value is -4.02. The van der Waals surface area contributed by atoms with Gasteiger partial charge in [-0.3, -0.25) is 4.79 Å². The van der Waals surface area contributed by atoms with E-state index in [1.165, 1.54) is 17.0 Å². The zero-order chi connectivity index (χ0) is 29.0. The van der Waals surface area contributed by atoms with Crippen molar-refractivity contribution in [2.75, 3.05) is 30.8 Å². The fourth-order valence-electron chi connectivity index (χ4n) is 3.72. The van der Waals surface area contributed by atoms with Crippen LogP contribution >= 0.6 is 0 Å². The standard InChI is InChI=1S/C28H34F3N5O3/c1-18(2)16-35(26(38)32-20-9-7-19(8-10-20)28(29,30)31)17-25(37)33-24-15-23(27(3,4)5)34-36(24)21-11-13-22(39-6)14-12-21/h7-15,18H,16-17H2,1-6H3,(H,32,38)(H,33,37). The highest BCUT2D eigenvalue weighted by atomic mass is 19.4. The first-order valence-corrected chi connectivity index (χ1v) is 12.5. The van der Waals surface area contributed by atoms with Crippen LogP contribution in [0.25, 0.3) is 5.69 Å². The Balaban J connectivity index is 1.79. The average molecular weight is 546 g/mol. The Morgan fingerprint density at radius 3 is 2.13 bits per heavy atom. The molecule has 0 aliphatic carbocycles. The summed E-state index contributed by atoms with van der Waals surface area (Å²) in [4.78, 5) is 27.4. The number of methoxy groups -OCH3 is 1. The zero-order valence-corrected chi connectivity index (χ0v) is 22.9. The van der Waals surface area contributed by atoms with E-state index in [0.717, 1.165) is 17.8 Å². The van der Waals surface area contributed by atoms with Gasteiger partial charge in [0, 0.05) is 23.7 Å². The highest BCUT2D eigenvalue weighted by Gasteiger charge is 2.30. The number of nitrogens with one attached hydrogen (secondary N) is 2. The lowest BCUT2D eigenvalue weighted by Crippen LogP contribution is -2.42. The van der Waals surface area contributed by atoms with E-state index in [9.17, 15) is 22.8 Å². The SMILES string of the molecule is COc1ccc(-n2nc(C(C)(C)C)cc2NC(=O)CN(CC(C)C)C(=O)Nc2ccc(C(F)(F)F)cc2)cc1. The van der Waals surface area contributed by atoms with E-state index in [1.54, 1.807) is 30.0 Å². The normalized spacial score (nSPS) is 11.8. The number of ether oxygens (including phenoxy) is 1. The molecule has 0 aliphatic heterocycles. The number of hydrogen-bond acceptors (Lipinski definition) is 4. The first-order chi connectivity index (χ1) is 18.2. The van der Waals surface area contributed by atoms with Crippen molar-refractivity contribution < 1.29 is 27.5 Å². The van der Waals surface area contributed by atoms with Crippen LogP contribution in [-0.4, -0.2) is 46.8 Å². The maximum atomic E-state index is 13.1. The fraction of sp³-hybridized carbons (Fsp3) is 0.393. The molecule has 2 aromatic carbocycles. The van der Waals surface area contributed by atoms with Crippen molar-refractivity contribution in [2.45, 2.75) is 46.2 Å². The van der Waals surface area contributed by atoms with Gasteiger partial charge in [-0.2, -0.15) is 18.3 Å². The van der Waals surface area contributed by atoms with Gasteiger partial charge in [0.15, 0.2) is 0 Å². The molecule has 0 bridgehead atoms. The third-order valence-corrected chi connectivity index (χ3v) is 5.73. The van der Waals surface area contributed by atoms with Crippen LogP contribution in [-0.2, 0) is 16.4 Å². The topological polar surface area (TPSA) is 88.5 Å².